The molecule has 2 fully saturated rings. The number of rotatable bonds is 7. The fourth-order valence-corrected chi connectivity index (χ4v) is 3.66. The fraction of sp³-hybridized carbons (Fsp3) is 0.889. The van der Waals surface area contributed by atoms with Gasteiger partial charge in [-0.3, -0.25) is 29.6 Å². The van der Waals surface area contributed by atoms with Crippen molar-refractivity contribution in [1.29, 1.82) is 0 Å². The minimum absolute atomic E-state index is 0.0997. The van der Waals surface area contributed by atoms with E-state index in [1.54, 1.807) is 0 Å². The number of carboxylic acids is 1. The fourth-order valence-electron chi connectivity index (χ4n) is 3.66. The number of aliphatic carboxylic acids is 1. The highest BCUT2D eigenvalue weighted by atomic mass is 16.4. The van der Waals surface area contributed by atoms with Gasteiger partial charge < -0.3 is 10.0 Å². The summed E-state index contributed by atoms with van der Waals surface area (Å²) >= 11 is 0. The molecule has 0 aromatic rings. The second kappa shape index (κ2) is 9.12. The summed E-state index contributed by atoms with van der Waals surface area (Å²) in [6, 6.07) is 0.532. The van der Waals surface area contributed by atoms with E-state index in [1.165, 1.54) is 0 Å². The highest BCUT2D eigenvalue weighted by molar-refractivity contribution is 5.78. The minimum Gasteiger partial charge on any atom is -0.480 e. The molecule has 0 spiro atoms. The van der Waals surface area contributed by atoms with E-state index >= 15 is 0 Å². The van der Waals surface area contributed by atoms with Crippen LogP contribution in [0.15, 0.2) is 0 Å². The Morgan fingerprint density at radius 1 is 1.00 bits per heavy atom. The van der Waals surface area contributed by atoms with Gasteiger partial charge in [-0.05, 0) is 27.7 Å². The third kappa shape index (κ3) is 5.90. The van der Waals surface area contributed by atoms with Crippen molar-refractivity contribution >= 4 is 11.9 Å². The molecule has 26 heavy (non-hydrogen) atoms. The number of carbonyl (C=O) groups excluding carboxylic acids is 1. The standard InChI is InChI=1S/C18H35N5O3/c1-15(2)21-7-9-22(10-8-21)16(24)13-19-18(3,4)23-11-5-20(6-12-23)14-17(25)26/h15,19H,5-14H2,1-4H3,(H,25,26). The summed E-state index contributed by atoms with van der Waals surface area (Å²) in [6.45, 7) is 15.6. The van der Waals surface area contributed by atoms with E-state index < -0.39 is 5.97 Å². The van der Waals surface area contributed by atoms with Gasteiger partial charge >= 0.3 is 5.97 Å². The molecule has 0 saturated carbocycles. The van der Waals surface area contributed by atoms with E-state index in [4.69, 9.17) is 5.11 Å². The molecule has 0 aromatic heterocycles. The molecule has 2 saturated heterocycles. The SMILES string of the molecule is CC(C)N1CCN(C(=O)CNC(C)(C)N2CCN(CC(=O)O)CC2)CC1. The van der Waals surface area contributed by atoms with Crippen LogP contribution in [0.2, 0.25) is 0 Å². The van der Waals surface area contributed by atoms with Crippen molar-refractivity contribution in [1.82, 2.24) is 24.9 Å². The van der Waals surface area contributed by atoms with Crippen molar-refractivity contribution in [3.63, 3.8) is 0 Å². The first kappa shape index (κ1) is 21.1. The van der Waals surface area contributed by atoms with Crippen LogP contribution in [0.1, 0.15) is 27.7 Å². The molecule has 150 valence electrons. The molecule has 2 aliphatic rings. The van der Waals surface area contributed by atoms with Gasteiger partial charge in [0.05, 0.1) is 18.8 Å². The lowest BCUT2D eigenvalue weighted by Crippen LogP contribution is -2.62. The molecule has 2 heterocycles. The maximum absolute atomic E-state index is 12.5. The number of amides is 1. The van der Waals surface area contributed by atoms with Gasteiger partial charge in [0, 0.05) is 58.4 Å². The van der Waals surface area contributed by atoms with E-state index in [1.807, 2.05) is 9.80 Å². The molecule has 0 unspecified atom stereocenters. The van der Waals surface area contributed by atoms with E-state index in [9.17, 15) is 9.59 Å². The molecule has 2 rings (SSSR count). The summed E-state index contributed by atoms with van der Waals surface area (Å²) in [5.41, 5.74) is -0.287. The highest BCUT2D eigenvalue weighted by Crippen LogP contribution is 2.14. The Balaban J connectivity index is 1.74. The topological polar surface area (TPSA) is 79.4 Å². The van der Waals surface area contributed by atoms with Gasteiger partial charge in [-0.25, -0.2) is 0 Å². The first-order valence-corrected chi connectivity index (χ1v) is 9.65. The summed E-state index contributed by atoms with van der Waals surface area (Å²) < 4.78 is 0. The molecule has 2 aliphatic heterocycles. The van der Waals surface area contributed by atoms with E-state index in [2.05, 4.69) is 42.8 Å². The van der Waals surface area contributed by atoms with E-state index in [0.717, 1.165) is 52.4 Å². The molecule has 0 atom stereocenters. The van der Waals surface area contributed by atoms with Crippen LogP contribution < -0.4 is 5.32 Å². The molecule has 8 heteroatoms. The van der Waals surface area contributed by atoms with Crippen molar-refractivity contribution in [2.75, 3.05) is 65.4 Å². The first-order chi connectivity index (χ1) is 12.2. The molecule has 2 N–H and O–H groups in total. The Bertz CT molecular complexity index is 481. The largest absolute Gasteiger partial charge is 0.480 e. The van der Waals surface area contributed by atoms with E-state index in [-0.39, 0.29) is 18.1 Å². The second-order valence-electron chi connectivity index (χ2n) is 8.08. The Labute approximate surface area is 157 Å². The number of nitrogens with one attached hydrogen (secondary N) is 1. The third-order valence-electron chi connectivity index (χ3n) is 5.59. The van der Waals surface area contributed by atoms with Crippen LogP contribution >= 0.6 is 0 Å². The van der Waals surface area contributed by atoms with Gasteiger partial charge in [0.1, 0.15) is 0 Å². The Kier molecular flexibility index (Phi) is 7.40. The van der Waals surface area contributed by atoms with Crippen molar-refractivity contribution in [3.8, 4) is 0 Å². The average Bonchev–Trinajstić information content (AvgIpc) is 2.60. The Morgan fingerprint density at radius 3 is 2.08 bits per heavy atom. The second-order valence-corrected chi connectivity index (χ2v) is 8.08. The molecular weight excluding hydrogens is 334 g/mol. The lowest BCUT2D eigenvalue weighted by Gasteiger charge is -2.44. The predicted octanol–water partition coefficient (Wildman–Crippen LogP) is -0.433. The van der Waals surface area contributed by atoms with Gasteiger partial charge in [0.15, 0.2) is 0 Å². The third-order valence-corrected chi connectivity index (χ3v) is 5.59. The van der Waals surface area contributed by atoms with Crippen LogP contribution in [0.5, 0.6) is 0 Å². The van der Waals surface area contributed by atoms with Gasteiger partial charge in [-0.15, -0.1) is 0 Å². The number of nitrogens with zero attached hydrogens (tertiary/aromatic N) is 4. The van der Waals surface area contributed by atoms with Crippen LogP contribution in [0.4, 0.5) is 0 Å². The van der Waals surface area contributed by atoms with Crippen LogP contribution in [-0.4, -0.2) is 114 Å². The van der Waals surface area contributed by atoms with E-state index in [0.29, 0.717) is 12.6 Å². The summed E-state index contributed by atoms with van der Waals surface area (Å²) in [5.74, 6) is -0.620. The number of carboxylic acid groups (broad SMARTS) is 1. The summed E-state index contributed by atoms with van der Waals surface area (Å²) in [4.78, 5) is 31.9. The minimum atomic E-state index is -0.779. The predicted molar refractivity (Wildman–Crippen MR) is 101 cm³/mol. The molecule has 8 nitrogen and oxygen atoms in total. The monoisotopic (exact) mass is 369 g/mol. The Morgan fingerprint density at radius 2 is 1.58 bits per heavy atom. The van der Waals surface area contributed by atoms with Crippen LogP contribution in [0.3, 0.4) is 0 Å². The van der Waals surface area contributed by atoms with Crippen molar-refractivity contribution in [3.05, 3.63) is 0 Å². The molecular formula is C18H35N5O3. The summed E-state index contributed by atoms with van der Waals surface area (Å²) in [5, 5.41) is 12.3. The summed E-state index contributed by atoms with van der Waals surface area (Å²) in [7, 11) is 0. The maximum atomic E-state index is 12.5. The van der Waals surface area contributed by atoms with Gasteiger partial charge in [-0.2, -0.15) is 0 Å². The van der Waals surface area contributed by atoms with Crippen LogP contribution in [0.25, 0.3) is 0 Å². The number of hydrogen-bond acceptors (Lipinski definition) is 6. The molecule has 1 amide bonds. The van der Waals surface area contributed by atoms with Crippen molar-refractivity contribution in [2.45, 2.75) is 39.4 Å². The molecule has 0 radical (unpaired) electrons. The molecule has 0 aromatic carbocycles. The zero-order valence-electron chi connectivity index (χ0n) is 16.7. The maximum Gasteiger partial charge on any atom is 0.317 e. The van der Waals surface area contributed by atoms with Crippen LogP contribution in [-0.2, 0) is 9.59 Å². The number of hydrogen-bond donors (Lipinski definition) is 2. The van der Waals surface area contributed by atoms with Gasteiger partial charge in [0.25, 0.3) is 0 Å². The highest BCUT2D eigenvalue weighted by Gasteiger charge is 2.31. The molecule has 0 bridgehead atoms. The quantitative estimate of drug-likeness (QED) is 0.630. The van der Waals surface area contributed by atoms with Crippen molar-refractivity contribution in [2.24, 2.45) is 0 Å². The number of piperazine rings is 2. The van der Waals surface area contributed by atoms with Gasteiger partial charge in [0.2, 0.25) is 5.91 Å². The zero-order valence-corrected chi connectivity index (χ0v) is 16.7. The number of carbonyl (C=O) groups is 2. The molecule has 0 aliphatic carbocycles. The smallest absolute Gasteiger partial charge is 0.317 e. The average molecular weight is 370 g/mol. The van der Waals surface area contributed by atoms with Gasteiger partial charge in [-0.1, -0.05) is 0 Å². The normalized spacial score (nSPS) is 21.3. The van der Waals surface area contributed by atoms with Crippen molar-refractivity contribution < 1.29 is 14.7 Å². The lowest BCUT2D eigenvalue weighted by atomic mass is 10.1. The zero-order chi connectivity index (χ0) is 19.3. The summed E-state index contributed by atoms with van der Waals surface area (Å²) in [6.07, 6.45) is 0. The first-order valence-electron chi connectivity index (χ1n) is 9.65. The Hall–Kier alpha value is -1.22. The lowest BCUT2D eigenvalue weighted by molar-refractivity contribution is -0.139. The van der Waals surface area contributed by atoms with Crippen LogP contribution in [0, 0.1) is 0 Å².